The fourth-order valence-electron chi connectivity index (χ4n) is 2.77. The van der Waals surface area contributed by atoms with E-state index in [1.807, 2.05) is 79.7 Å². The molecule has 0 fully saturated rings. The minimum atomic E-state index is -0.143. The molecule has 2 nitrogen and oxygen atoms in total. The van der Waals surface area contributed by atoms with Crippen LogP contribution in [-0.2, 0) is 0 Å². The van der Waals surface area contributed by atoms with Gasteiger partial charge >= 0.3 is 0 Å². The Labute approximate surface area is 167 Å². The molecule has 26 heavy (non-hydrogen) atoms. The maximum absolute atomic E-state index is 12.8. The van der Waals surface area contributed by atoms with E-state index < -0.39 is 0 Å². The minimum Gasteiger partial charge on any atom is -0.378 e. The molecule has 0 aliphatic carbocycles. The number of rotatable bonds is 6. The highest BCUT2D eigenvalue weighted by molar-refractivity contribution is 9.10. The van der Waals surface area contributed by atoms with E-state index in [0.29, 0.717) is 11.4 Å². The smallest absolute Gasteiger partial charge is 0.165 e. The van der Waals surface area contributed by atoms with E-state index in [2.05, 4.69) is 21.2 Å². The van der Waals surface area contributed by atoms with Gasteiger partial charge in [0, 0.05) is 27.2 Å². The van der Waals surface area contributed by atoms with Crippen molar-refractivity contribution >= 4 is 39.0 Å². The summed E-state index contributed by atoms with van der Waals surface area (Å²) in [4.78, 5) is 12.8. The molecule has 3 rings (SSSR count). The molecule has 1 N–H and O–H groups in total. The second kappa shape index (κ2) is 8.52. The number of nitrogens with one attached hydrogen (secondary N) is 1. The van der Waals surface area contributed by atoms with Crippen LogP contribution in [0.25, 0.3) is 0 Å². The van der Waals surface area contributed by atoms with Crippen LogP contribution in [0.5, 0.6) is 0 Å². The zero-order chi connectivity index (χ0) is 18.5. The zero-order valence-electron chi connectivity index (χ0n) is 14.4. The Balaban J connectivity index is 1.85. The van der Waals surface area contributed by atoms with Crippen molar-refractivity contribution in [3.8, 4) is 0 Å². The topological polar surface area (TPSA) is 29.1 Å². The molecule has 3 aromatic rings. The number of hydrogen-bond donors (Lipinski definition) is 1. The Morgan fingerprint density at radius 2 is 1.73 bits per heavy atom. The number of Topliss-reactive ketones (excluding diaryl/α,β-unsaturated/α-hetero) is 1. The molecule has 0 bridgehead atoms. The highest BCUT2D eigenvalue weighted by Gasteiger charge is 2.17. The van der Waals surface area contributed by atoms with Crippen LogP contribution >= 0.6 is 27.5 Å². The molecule has 0 amide bonds. The Bertz CT molecular complexity index is 891. The number of anilines is 1. The maximum Gasteiger partial charge on any atom is 0.165 e. The largest absolute Gasteiger partial charge is 0.378 e. The van der Waals surface area contributed by atoms with E-state index in [0.717, 1.165) is 26.9 Å². The second-order valence-corrected chi connectivity index (χ2v) is 7.60. The molecule has 0 unspecified atom stereocenters. The zero-order valence-corrected chi connectivity index (χ0v) is 16.7. The van der Waals surface area contributed by atoms with E-state index in [9.17, 15) is 4.79 Å². The Kier molecular flexibility index (Phi) is 6.12. The van der Waals surface area contributed by atoms with Gasteiger partial charge in [0.2, 0.25) is 0 Å². The Morgan fingerprint density at radius 1 is 1.04 bits per heavy atom. The predicted octanol–water partition coefficient (Wildman–Crippen LogP) is 6.84. The van der Waals surface area contributed by atoms with Crippen LogP contribution in [-0.4, -0.2) is 5.78 Å². The lowest BCUT2D eigenvalue weighted by molar-refractivity contribution is 0.0976. The van der Waals surface area contributed by atoms with Crippen LogP contribution in [0.3, 0.4) is 0 Å². The highest BCUT2D eigenvalue weighted by atomic mass is 79.9. The van der Waals surface area contributed by atoms with Gasteiger partial charge in [0.15, 0.2) is 5.78 Å². The SMILES string of the molecule is Cc1ccc(C(=O)C[C@H](Nc2cccc(Br)c2)c2ccc(Cl)cc2)cc1. The average molecular weight is 429 g/mol. The van der Waals surface area contributed by atoms with E-state index >= 15 is 0 Å². The summed E-state index contributed by atoms with van der Waals surface area (Å²) in [6.45, 7) is 2.01. The third kappa shape index (κ3) is 4.96. The quantitative estimate of drug-likeness (QED) is 0.436. The number of benzene rings is 3. The molecule has 0 spiro atoms. The van der Waals surface area contributed by atoms with Crippen LogP contribution in [0.15, 0.2) is 77.3 Å². The van der Waals surface area contributed by atoms with Crippen molar-refractivity contribution in [2.24, 2.45) is 0 Å². The minimum absolute atomic E-state index is 0.104. The standard InChI is InChI=1S/C22H19BrClNO/c1-15-5-7-17(8-6-15)22(26)14-21(16-9-11-19(24)12-10-16)25-20-4-2-3-18(23)13-20/h2-13,21,25H,14H2,1H3/t21-/m0/s1. The molecule has 0 aliphatic heterocycles. The summed E-state index contributed by atoms with van der Waals surface area (Å²) in [5.74, 6) is 0.104. The van der Waals surface area contributed by atoms with Gasteiger partial charge in [-0.15, -0.1) is 0 Å². The van der Waals surface area contributed by atoms with Gasteiger partial charge in [-0.2, -0.15) is 0 Å². The summed E-state index contributed by atoms with van der Waals surface area (Å²) in [7, 11) is 0. The summed E-state index contributed by atoms with van der Waals surface area (Å²) in [6.07, 6.45) is 0.358. The van der Waals surface area contributed by atoms with Crippen LogP contribution in [0.4, 0.5) is 5.69 Å². The average Bonchev–Trinajstić information content (AvgIpc) is 2.62. The third-order valence-electron chi connectivity index (χ3n) is 4.20. The molecule has 0 saturated carbocycles. The van der Waals surface area contributed by atoms with Gasteiger partial charge in [-0.3, -0.25) is 4.79 Å². The van der Waals surface area contributed by atoms with E-state index in [1.165, 1.54) is 0 Å². The van der Waals surface area contributed by atoms with Gasteiger partial charge in [0.25, 0.3) is 0 Å². The molecule has 0 saturated heterocycles. The molecular weight excluding hydrogens is 410 g/mol. The van der Waals surface area contributed by atoms with E-state index in [-0.39, 0.29) is 11.8 Å². The molecule has 0 aliphatic rings. The summed E-state index contributed by atoms with van der Waals surface area (Å²) in [6, 6.07) is 23.1. The lowest BCUT2D eigenvalue weighted by Crippen LogP contribution is -2.16. The third-order valence-corrected chi connectivity index (χ3v) is 4.95. The van der Waals surface area contributed by atoms with Crippen molar-refractivity contribution < 1.29 is 4.79 Å². The number of carbonyl (C=O) groups excluding carboxylic acids is 1. The number of carbonyl (C=O) groups is 1. The first-order valence-corrected chi connectivity index (χ1v) is 9.56. The molecule has 0 radical (unpaired) electrons. The first-order valence-electron chi connectivity index (χ1n) is 8.39. The van der Waals surface area contributed by atoms with Crippen LogP contribution in [0, 0.1) is 6.92 Å². The second-order valence-electron chi connectivity index (χ2n) is 6.25. The monoisotopic (exact) mass is 427 g/mol. The lowest BCUT2D eigenvalue weighted by atomic mass is 9.97. The summed E-state index contributed by atoms with van der Waals surface area (Å²) >= 11 is 9.51. The van der Waals surface area contributed by atoms with Crippen molar-refractivity contribution in [2.75, 3.05) is 5.32 Å². The number of aryl methyl sites for hydroxylation is 1. The fraction of sp³-hybridized carbons (Fsp3) is 0.136. The van der Waals surface area contributed by atoms with E-state index in [4.69, 9.17) is 11.6 Å². The van der Waals surface area contributed by atoms with Gasteiger partial charge in [-0.25, -0.2) is 0 Å². The van der Waals surface area contributed by atoms with Gasteiger partial charge in [-0.05, 0) is 42.8 Å². The number of hydrogen-bond acceptors (Lipinski definition) is 2. The lowest BCUT2D eigenvalue weighted by Gasteiger charge is -2.20. The normalized spacial score (nSPS) is 11.8. The summed E-state index contributed by atoms with van der Waals surface area (Å²) in [5, 5.41) is 4.15. The van der Waals surface area contributed by atoms with Crippen LogP contribution in [0.2, 0.25) is 5.02 Å². The van der Waals surface area contributed by atoms with Gasteiger partial charge in [-0.1, -0.05) is 75.6 Å². The van der Waals surface area contributed by atoms with Crippen molar-refractivity contribution in [3.05, 3.63) is 99.0 Å². The van der Waals surface area contributed by atoms with Gasteiger partial charge < -0.3 is 5.32 Å². The van der Waals surface area contributed by atoms with E-state index in [1.54, 1.807) is 0 Å². The Morgan fingerprint density at radius 3 is 2.38 bits per heavy atom. The van der Waals surface area contributed by atoms with Crippen molar-refractivity contribution in [1.29, 1.82) is 0 Å². The molecule has 1 atom stereocenters. The predicted molar refractivity (Wildman–Crippen MR) is 112 cm³/mol. The molecule has 3 aromatic carbocycles. The van der Waals surface area contributed by atoms with Gasteiger partial charge in [0.05, 0.1) is 6.04 Å². The first kappa shape index (κ1) is 18.7. The van der Waals surface area contributed by atoms with Crippen LogP contribution in [0.1, 0.15) is 33.9 Å². The number of halogens is 2. The summed E-state index contributed by atoms with van der Waals surface area (Å²) in [5.41, 5.74) is 3.85. The van der Waals surface area contributed by atoms with Crippen molar-refractivity contribution in [3.63, 3.8) is 0 Å². The molecule has 4 heteroatoms. The van der Waals surface area contributed by atoms with Crippen molar-refractivity contribution in [1.82, 2.24) is 0 Å². The first-order chi connectivity index (χ1) is 12.5. The Hall–Kier alpha value is -2.10. The molecule has 132 valence electrons. The molecule has 0 heterocycles. The molecular formula is C22H19BrClNO. The van der Waals surface area contributed by atoms with Crippen LogP contribution < -0.4 is 5.32 Å². The van der Waals surface area contributed by atoms with Gasteiger partial charge in [0.1, 0.15) is 0 Å². The maximum atomic E-state index is 12.8. The number of ketones is 1. The van der Waals surface area contributed by atoms with Crippen molar-refractivity contribution in [2.45, 2.75) is 19.4 Å². The highest BCUT2D eigenvalue weighted by Crippen LogP contribution is 2.27. The fourth-order valence-corrected chi connectivity index (χ4v) is 3.29. The summed E-state index contributed by atoms with van der Waals surface area (Å²) < 4.78 is 0.988. The molecule has 0 aromatic heterocycles.